The molecule has 2 aromatic heterocycles. The monoisotopic (exact) mass is 321 g/mol. The number of hydrogen-bond acceptors (Lipinski definition) is 3. The van der Waals surface area contributed by atoms with Crippen LogP contribution in [0.4, 0.5) is 0 Å². The molecule has 0 amide bonds. The Morgan fingerprint density at radius 3 is 3.08 bits per heavy atom. The number of ether oxygens (including phenoxy) is 1. The zero-order valence-corrected chi connectivity index (χ0v) is 14.0. The van der Waals surface area contributed by atoms with Gasteiger partial charge in [0.25, 0.3) is 0 Å². The van der Waals surface area contributed by atoms with Crippen LogP contribution in [0.2, 0.25) is 0 Å². The van der Waals surface area contributed by atoms with Gasteiger partial charge >= 0.3 is 0 Å². The van der Waals surface area contributed by atoms with E-state index in [2.05, 4.69) is 45.2 Å². The number of hydrogen-bond donors (Lipinski definition) is 1. The minimum atomic E-state index is 0.554. The Kier molecular flexibility index (Phi) is 4.22. The highest BCUT2D eigenvalue weighted by molar-refractivity contribution is 5.76. The fourth-order valence-corrected chi connectivity index (χ4v) is 3.68. The van der Waals surface area contributed by atoms with Crippen molar-refractivity contribution in [3.8, 4) is 5.75 Å². The summed E-state index contributed by atoms with van der Waals surface area (Å²) in [4.78, 5) is 10.5. The molecule has 0 saturated carbocycles. The lowest BCUT2D eigenvalue weighted by molar-refractivity contribution is 0.198. The summed E-state index contributed by atoms with van der Waals surface area (Å²) in [6.07, 6.45) is 4.32. The number of nitrogens with zero attached hydrogens (tertiary/aromatic N) is 2. The van der Waals surface area contributed by atoms with Crippen molar-refractivity contribution in [1.82, 2.24) is 14.9 Å². The van der Waals surface area contributed by atoms with Gasteiger partial charge in [-0.15, -0.1) is 0 Å². The van der Waals surface area contributed by atoms with E-state index >= 15 is 0 Å². The quantitative estimate of drug-likeness (QED) is 0.791. The molecular formula is C20H23N3O. The molecule has 0 unspecified atom stereocenters. The van der Waals surface area contributed by atoms with Gasteiger partial charge in [-0.05, 0) is 55.3 Å². The number of nitrogens with one attached hydrogen (secondary N) is 1. The smallest absolute Gasteiger partial charge is 0.137 e. The van der Waals surface area contributed by atoms with E-state index in [4.69, 9.17) is 4.74 Å². The number of piperidine rings is 1. The van der Waals surface area contributed by atoms with Gasteiger partial charge in [-0.2, -0.15) is 0 Å². The largest absolute Gasteiger partial charge is 0.497 e. The second-order valence-corrected chi connectivity index (χ2v) is 6.59. The summed E-state index contributed by atoms with van der Waals surface area (Å²) in [6.45, 7) is 3.22. The molecule has 1 fully saturated rings. The third-order valence-electron chi connectivity index (χ3n) is 4.90. The number of benzene rings is 1. The minimum Gasteiger partial charge on any atom is -0.497 e. The van der Waals surface area contributed by atoms with E-state index in [1.165, 1.54) is 29.5 Å². The lowest BCUT2D eigenvalue weighted by Crippen LogP contribution is -2.34. The van der Waals surface area contributed by atoms with E-state index in [1.807, 2.05) is 18.3 Å². The first-order valence-electron chi connectivity index (χ1n) is 8.61. The average Bonchev–Trinajstić information content (AvgIpc) is 3.06. The molecule has 4 heteroatoms. The maximum absolute atomic E-state index is 5.34. The molecule has 1 aliphatic rings. The Morgan fingerprint density at radius 1 is 1.25 bits per heavy atom. The van der Waals surface area contributed by atoms with E-state index in [0.29, 0.717) is 5.92 Å². The molecule has 1 aromatic carbocycles. The van der Waals surface area contributed by atoms with Crippen molar-refractivity contribution in [2.75, 3.05) is 20.2 Å². The van der Waals surface area contributed by atoms with Gasteiger partial charge in [-0.3, -0.25) is 4.90 Å². The Labute approximate surface area is 142 Å². The van der Waals surface area contributed by atoms with E-state index in [9.17, 15) is 0 Å². The van der Waals surface area contributed by atoms with E-state index < -0.39 is 0 Å². The van der Waals surface area contributed by atoms with Crippen LogP contribution in [-0.2, 0) is 6.54 Å². The van der Waals surface area contributed by atoms with Crippen molar-refractivity contribution in [3.63, 3.8) is 0 Å². The van der Waals surface area contributed by atoms with Crippen LogP contribution in [0.25, 0.3) is 11.0 Å². The molecule has 24 heavy (non-hydrogen) atoms. The van der Waals surface area contributed by atoms with Crippen molar-refractivity contribution in [3.05, 3.63) is 59.9 Å². The number of likely N-dealkylation sites (tertiary alicyclic amines) is 1. The number of rotatable bonds is 4. The zero-order chi connectivity index (χ0) is 16.4. The first kappa shape index (κ1) is 15.2. The van der Waals surface area contributed by atoms with Crippen LogP contribution in [0.3, 0.4) is 0 Å². The van der Waals surface area contributed by atoms with Crippen molar-refractivity contribution in [2.24, 2.45) is 0 Å². The van der Waals surface area contributed by atoms with E-state index in [1.54, 1.807) is 7.11 Å². The summed E-state index contributed by atoms with van der Waals surface area (Å²) in [6, 6.07) is 14.8. The molecule has 1 saturated heterocycles. The fraction of sp³-hybridized carbons (Fsp3) is 0.350. The molecular weight excluding hydrogens is 298 g/mol. The summed E-state index contributed by atoms with van der Waals surface area (Å²) < 4.78 is 5.34. The molecule has 0 spiro atoms. The summed E-state index contributed by atoms with van der Waals surface area (Å²) in [7, 11) is 1.72. The van der Waals surface area contributed by atoms with Gasteiger partial charge < -0.3 is 9.72 Å². The normalized spacial score (nSPS) is 18.8. The van der Waals surface area contributed by atoms with E-state index in [-0.39, 0.29) is 0 Å². The highest BCUT2D eigenvalue weighted by Gasteiger charge is 2.23. The number of pyridine rings is 1. The van der Waals surface area contributed by atoms with Crippen molar-refractivity contribution in [2.45, 2.75) is 25.3 Å². The van der Waals surface area contributed by atoms with Gasteiger partial charge in [0.05, 0.1) is 7.11 Å². The standard InChI is InChI=1S/C20H23N3O/c1-24-18-8-2-5-15(11-18)13-23-10-4-7-17(14-23)19-12-16-6-3-9-21-20(16)22-19/h2-3,5-6,8-9,11-12,17H,4,7,10,13-14H2,1H3,(H,21,22)/t17-/m0/s1. The maximum Gasteiger partial charge on any atom is 0.137 e. The Bertz CT molecular complexity index is 793. The first-order valence-corrected chi connectivity index (χ1v) is 8.61. The second kappa shape index (κ2) is 6.65. The molecule has 4 nitrogen and oxygen atoms in total. The van der Waals surface area contributed by atoms with Crippen molar-refractivity contribution < 1.29 is 4.74 Å². The van der Waals surface area contributed by atoms with Gasteiger partial charge in [0.1, 0.15) is 11.4 Å². The molecule has 0 bridgehead atoms. The van der Waals surface area contributed by atoms with Gasteiger partial charge in [0.15, 0.2) is 0 Å². The lowest BCUT2D eigenvalue weighted by atomic mass is 9.94. The first-order chi connectivity index (χ1) is 11.8. The van der Waals surface area contributed by atoms with Crippen molar-refractivity contribution >= 4 is 11.0 Å². The van der Waals surface area contributed by atoms with Crippen molar-refractivity contribution in [1.29, 1.82) is 0 Å². The molecule has 0 aliphatic carbocycles. The van der Waals surface area contributed by atoms with Crippen LogP contribution < -0.4 is 4.74 Å². The Hall–Kier alpha value is -2.33. The highest BCUT2D eigenvalue weighted by Crippen LogP contribution is 2.29. The number of methoxy groups -OCH3 is 1. The fourth-order valence-electron chi connectivity index (χ4n) is 3.68. The number of fused-ring (bicyclic) bond motifs is 1. The Balaban J connectivity index is 1.48. The minimum absolute atomic E-state index is 0.554. The lowest BCUT2D eigenvalue weighted by Gasteiger charge is -2.32. The van der Waals surface area contributed by atoms with Crippen LogP contribution in [-0.4, -0.2) is 35.1 Å². The molecule has 4 rings (SSSR count). The van der Waals surface area contributed by atoms with Crippen LogP contribution in [0, 0.1) is 0 Å². The predicted octanol–water partition coefficient (Wildman–Crippen LogP) is 3.95. The van der Waals surface area contributed by atoms with Crippen LogP contribution in [0.5, 0.6) is 5.75 Å². The van der Waals surface area contributed by atoms with Crippen LogP contribution >= 0.6 is 0 Å². The zero-order valence-electron chi connectivity index (χ0n) is 14.0. The summed E-state index contributed by atoms with van der Waals surface area (Å²) >= 11 is 0. The highest BCUT2D eigenvalue weighted by atomic mass is 16.5. The third-order valence-corrected chi connectivity index (χ3v) is 4.90. The number of H-pyrrole nitrogens is 1. The number of aromatic nitrogens is 2. The van der Waals surface area contributed by atoms with Gasteiger partial charge in [0, 0.05) is 36.3 Å². The maximum atomic E-state index is 5.34. The molecule has 1 N–H and O–H groups in total. The SMILES string of the molecule is COc1cccc(CN2CCC[C@H](c3cc4cccnc4[nH]3)C2)c1. The van der Waals surface area contributed by atoms with Gasteiger partial charge in [-0.25, -0.2) is 4.98 Å². The molecule has 3 heterocycles. The summed E-state index contributed by atoms with van der Waals surface area (Å²) in [5.74, 6) is 1.49. The number of aromatic amines is 1. The van der Waals surface area contributed by atoms with Gasteiger partial charge in [-0.1, -0.05) is 12.1 Å². The second-order valence-electron chi connectivity index (χ2n) is 6.59. The molecule has 124 valence electrons. The summed E-state index contributed by atoms with van der Waals surface area (Å²) in [5, 5.41) is 1.21. The van der Waals surface area contributed by atoms with Crippen LogP contribution in [0.15, 0.2) is 48.7 Å². The molecule has 0 radical (unpaired) electrons. The predicted molar refractivity (Wildman–Crippen MR) is 96.3 cm³/mol. The topological polar surface area (TPSA) is 41.1 Å². The van der Waals surface area contributed by atoms with Crippen LogP contribution in [0.1, 0.15) is 30.0 Å². The molecule has 1 atom stereocenters. The molecule has 3 aromatic rings. The summed E-state index contributed by atoms with van der Waals surface area (Å²) in [5.41, 5.74) is 3.63. The van der Waals surface area contributed by atoms with E-state index in [0.717, 1.165) is 31.0 Å². The van der Waals surface area contributed by atoms with Gasteiger partial charge in [0.2, 0.25) is 0 Å². The third kappa shape index (κ3) is 3.15. The Morgan fingerprint density at radius 2 is 2.21 bits per heavy atom. The molecule has 1 aliphatic heterocycles. The average molecular weight is 321 g/mol.